The van der Waals surface area contributed by atoms with E-state index in [-0.39, 0.29) is 16.9 Å². The van der Waals surface area contributed by atoms with Crippen LogP contribution in [0.25, 0.3) is 0 Å². The molecule has 0 spiro atoms. The number of hydrogen-bond acceptors (Lipinski definition) is 4. The molecule has 2 aromatic rings. The number of carbonyl (C=O) groups excluding carboxylic acids is 1. The number of anilines is 1. The summed E-state index contributed by atoms with van der Waals surface area (Å²) in [7, 11) is 0. The summed E-state index contributed by atoms with van der Waals surface area (Å²) in [6, 6.07) is 1.98. The second-order valence-corrected chi connectivity index (χ2v) is 9.56. The largest absolute Gasteiger partial charge is 0.306 e. The van der Waals surface area contributed by atoms with Crippen LogP contribution in [-0.4, -0.2) is 20.7 Å². The van der Waals surface area contributed by atoms with Gasteiger partial charge in [-0.1, -0.05) is 27.7 Å². The number of aryl methyl sites for hydroxylation is 2. The maximum Gasteiger partial charge on any atom is 0.268 e. The highest BCUT2D eigenvalue weighted by atomic mass is 32.1. The molecule has 5 nitrogen and oxygen atoms in total. The Morgan fingerprint density at radius 1 is 1.24 bits per heavy atom. The second-order valence-electron chi connectivity index (χ2n) is 8.47. The van der Waals surface area contributed by atoms with Gasteiger partial charge >= 0.3 is 0 Å². The Labute approximate surface area is 154 Å². The van der Waals surface area contributed by atoms with E-state index in [1.807, 2.05) is 17.7 Å². The Morgan fingerprint density at radius 2 is 1.88 bits per heavy atom. The number of aromatic nitrogens is 3. The van der Waals surface area contributed by atoms with Crippen LogP contribution in [0.1, 0.15) is 81.0 Å². The van der Waals surface area contributed by atoms with Gasteiger partial charge in [-0.3, -0.25) is 4.79 Å². The topological polar surface area (TPSA) is 59.8 Å². The lowest BCUT2D eigenvalue weighted by Crippen LogP contribution is -2.27. The lowest BCUT2D eigenvalue weighted by Gasteiger charge is -2.23. The first kappa shape index (κ1) is 19.6. The minimum absolute atomic E-state index is 0.0787. The molecule has 0 fully saturated rings. The van der Waals surface area contributed by atoms with Crippen LogP contribution in [0, 0.1) is 6.92 Å². The van der Waals surface area contributed by atoms with Gasteiger partial charge in [0.2, 0.25) is 0 Å². The van der Waals surface area contributed by atoms with Crippen LogP contribution in [0.3, 0.4) is 0 Å². The van der Waals surface area contributed by atoms with Crippen molar-refractivity contribution in [2.24, 2.45) is 0 Å². The zero-order valence-corrected chi connectivity index (χ0v) is 17.5. The average Bonchev–Trinajstić information content (AvgIpc) is 3.02. The SMILES string of the molecule is CCCc1nc(C)c(C(=O)Nc2cc(C(C)(C)C)nn2C(C)(C)C)s1. The van der Waals surface area contributed by atoms with Gasteiger partial charge in [0.25, 0.3) is 5.91 Å². The lowest BCUT2D eigenvalue weighted by atomic mass is 9.92. The van der Waals surface area contributed by atoms with Crippen LogP contribution >= 0.6 is 11.3 Å². The number of nitrogens with zero attached hydrogens (tertiary/aromatic N) is 3. The molecule has 0 aromatic carbocycles. The Balaban J connectivity index is 2.36. The summed E-state index contributed by atoms with van der Waals surface area (Å²) in [5, 5.41) is 8.82. The minimum atomic E-state index is -0.220. The van der Waals surface area contributed by atoms with Crippen LogP contribution in [0.5, 0.6) is 0 Å². The number of hydrogen-bond donors (Lipinski definition) is 1. The molecule has 0 bridgehead atoms. The van der Waals surface area contributed by atoms with Gasteiger partial charge < -0.3 is 5.32 Å². The van der Waals surface area contributed by atoms with E-state index in [0.717, 1.165) is 35.1 Å². The van der Waals surface area contributed by atoms with Gasteiger partial charge in [0, 0.05) is 11.5 Å². The molecule has 0 saturated heterocycles. The molecular formula is C19H30N4OS. The third-order valence-electron chi connectivity index (χ3n) is 3.87. The van der Waals surface area contributed by atoms with Crippen molar-refractivity contribution in [2.45, 2.75) is 79.2 Å². The average molecular weight is 363 g/mol. The van der Waals surface area contributed by atoms with Gasteiger partial charge in [-0.05, 0) is 40.5 Å². The Hall–Kier alpha value is -1.69. The molecule has 2 heterocycles. The third kappa shape index (κ3) is 4.48. The van der Waals surface area contributed by atoms with E-state index < -0.39 is 0 Å². The van der Waals surface area contributed by atoms with Crippen molar-refractivity contribution in [3.05, 3.63) is 27.3 Å². The Morgan fingerprint density at radius 3 is 2.40 bits per heavy atom. The monoisotopic (exact) mass is 362 g/mol. The predicted molar refractivity (Wildman–Crippen MR) is 105 cm³/mol. The first-order valence-electron chi connectivity index (χ1n) is 8.82. The summed E-state index contributed by atoms with van der Waals surface area (Å²) >= 11 is 1.48. The van der Waals surface area contributed by atoms with Crippen LogP contribution in [-0.2, 0) is 17.4 Å². The number of rotatable bonds is 4. The quantitative estimate of drug-likeness (QED) is 0.841. The van der Waals surface area contributed by atoms with E-state index in [4.69, 9.17) is 5.10 Å². The second kappa shape index (κ2) is 6.90. The van der Waals surface area contributed by atoms with Gasteiger partial charge in [-0.25, -0.2) is 9.67 Å². The normalized spacial score (nSPS) is 12.5. The fourth-order valence-electron chi connectivity index (χ4n) is 2.50. The summed E-state index contributed by atoms with van der Waals surface area (Å²) < 4.78 is 1.90. The summed E-state index contributed by atoms with van der Waals surface area (Å²) in [5.74, 6) is 0.621. The molecule has 138 valence electrons. The van der Waals surface area contributed by atoms with Crippen molar-refractivity contribution in [3.8, 4) is 0 Å². The fraction of sp³-hybridized carbons (Fsp3) is 0.632. The molecule has 1 amide bonds. The highest BCUT2D eigenvalue weighted by Crippen LogP contribution is 2.29. The van der Waals surface area contributed by atoms with E-state index in [1.165, 1.54) is 11.3 Å². The van der Waals surface area contributed by atoms with Crippen LogP contribution in [0.15, 0.2) is 6.07 Å². The maximum atomic E-state index is 12.8. The van der Waals surface area contributed by atoms with E-state index in [0.29, 0.717) is 4.88 Å². The molecule has 0 aliphatic rings. The molecule has 0 atom stereocenters. The van der Waals surface area contributed by atoms with Crippen molar-refractivity contribution >= 4 is 23.1 Å². The predicted octanol–water partition coefficient (Wildman–Crippen LogP) is 4.91. The number of nitrogens with one attached hydrogen (secondary N) is 1. The zero-order valence-electron chi connectivity index (χ0n) is 16.6. The lowest BCUT2D eigenvalue weighted by molar-refractivity contribution is 0.102. The molecule has 0 radical (unpaired) electrons. The molecule has 0 saturated carbocycles. The molecule has 0 aliphatic heterocycles. The molecule has 25 heavy (non-hydrogen) atoms. The van der Waals surface area contributed by atoms with Crippen LogP contribution in [0.2, 0.25) is 0 Å². The van der Waals surface area contributed by atoms with Crippen LogP contribution < -0.4 is 5.32 Å². The smallest absolute Gasteiger partial charge is 0.268 e. The summed E-state index contributed by atoms with van der Waals surface area (Å²) in [4.78, 5) is 18.0. The third-order valence-corrected chi connectivity index (χ3v) is 5.08. The van der Waals surface area contributed by atoms with Crippen molar-refractivity contribution in [3.63, 3.8) is 0 Å². The molecule has 2 rings (SSSR count). The molecule has 1 N–H and O–H groups in total. The van der Waals surface area contributed by atoms with Gasteiger partial charge in [0.05, 0.1) is 21.9 Å². The first-order chi connectivity index (χ1) is 11.4. The van der Waals surface area contributed by atoms with E-state index in [1.54, 1.807) is 0 Å². The fourth-order valence-corrected chi connectivity index (χ4v) is 3.57. The maximum absolute atomic E-state index is 12.8. The van der Waals surface area contributed by atoms with Crippen molar-refractivity contribution in [1.29, 1.82) is 0 Å². The zero-order chi connectivity index (χ0) is 19.0. The number of thiazole rings is 1. The number of amides is 1. The highest BCUT2D eigenvalue weighted by molar-refractivity contribution is 7.13. The standard InChI is InChI=1S/C19H30N4OS/c1-9-10-15-20-12(2)16(25-15)17(24)21-14-11-13(18(3,4)5)22-23(14)19(6,7)8/h11H,9-10H2,1-8H3,(H,21,24). The number of carbonyl (C=O) groups is 1. The molecule has 0 aliphatic carbocycles. The summed E-state index contributed by atoms with van der Waals surface area (Å²) in [6.07, 6.45) is 1.94. The van der Waals surface area contributed by atoms with E-state index >= 15 is 0 Å². The Kier molecular flexibility index (Phi) is 5.42. The summed E-state index contributed by atoms with van der Waals surface area (Å²) in [5.41, 5.74) is 1.46. The van der Waals surface area contributed by atoms with Crippen molar-refractivity contribution in [2.75, 3.05) is 5.32 Å². The van der Waals surface area contributed by atoms with Crippen molar-refractivity contribution < 1.29 is 4.79 Å². The van der Waals surface area contributed by atoms with E-state index in [9.17, 15) is 4.79 Å². The molecule has 0 unspecified atom stereocenters. The van der Waals surface area contributed by atoms with E-state index in [2.05, 4.69) is 58.8 Å². The summed E-state index contributed by atoms with van der Waals surface area (Å²) in [6.45, 7) is 16.6. The van der Waals surface area contributed by atoms with Gasteiger partial charge in [0.1, 0.15) is 10.7 Å². The van der Waals surface area contributed by atoms with Gasteiger partial charge in [-0.2, -0.15) is 5.10 Å². The van der Waals surface area contributed by atoms with Crippen molar-refractivity contribution in [1.82, 2.24) is 14.8 Å². The first-order valence-corrected chi connectivity index (χ1v) is 9.63. The Bertz CT molecular complexity index is 759. The van der Waals surface area contributed by atoms with Gasteiger partial charge in [-0.15, -0.1) is 11.3 Å². The highest BCUT2D eigenvalue weighted by Gasteiger charge is 2.26. The molecule has 2 aromatic heterocycles. The molecular weight excluding hydrogens is 332 g/mol. The van der Waals surface area contributed by atoms with Crippen LogP contribution in [0.4, 0.5) is 5.82 Å². The minimum Gasteiger partial charge on any atom is -0.306 e. The molecule has 6 heteroatoms. The van der Waals surface area contributed by atoms with Gasteiger partial charge in [0.15, 0.2) is 0 Å².